The van der Waals surface area contributed by atoms with Crippen LogP contribution < -0.4 is 4.74 Å². The summed E-state index contributed by atoms with van der Waals surface area (Å²) >= 11 is 3.05. The van der Waals surface area contributed by atoms with Gasteiger partial charge in [-0.3, -0.25) is 0 Å². The molecule has 0 unspecified atom stereocenters. The largest absolute Gasteiger partial charge is 0.422 e. The van der Waals surface area contributed by atoms with Gasteiger partial charge in [0.25, 0.3) is 0 Å². The molecule has 0 atom stereocenters. The Labute approximate surface area is 82.3 Å². The molecule has 0 radical (unpaired) electrons. The lowest BCUT2D eigenvalue weighted by atomic mass is 10.3. The lowest BCUT2D eigenvalue weighted by Gasteiger charge is -2.03. The van der Waals surface area contributed by atoms with E-state index in [4.69, 9.17) is 5.11 Å². The van der Waals surface area contributed by atoms with Crippen molar-refractivity contribution in [2.45, 2.75) is 0 Å². The van der Waals surface area contributed by atoms with Gasteiger partial charge in [0.15, 0.2) is 11.6 Å². The maximum atomic E-state index is 13.0. The van der Waals surface area contributed by atoms with E-state index in [0.717, 1.165) is 0 Å². The van der Waals surface area contributed by atoms with E-state index in [2.05, 4.69) is 20.7 Å². The summed E-state index contributed by atoms with van der Waals surface area (Å²) < 4.78 is 18.0. The smallest absolute Gasteiger partial charge is 0.337 e. The van der Waals surface area contributed by atoms with E-state index in [1.807, 2.05) is 0 Å². The zero-order valence-corrected chi connectivity index (χ0v) is 8.04. The van der Waals surface area contributed by atoms with Crippen LogP contribution >= 0.6 is 15.9 Å². The number of ether oxygens (including phenoxy) is 1. The Hall–Kier alpha value is -0.940. The van der Waals surface area contributed by atoms with Crippen LogP contribution in [-0.4, -0.2) is 17.7 Å². The second-order valence-corrected chi connectivity index (χ2v) is 3.12. The number of rotatable bonds is 2. The van der Waals surface area contributed by atoms with Crippen LogP contribution in [0.3, 0.4) is 0 Å². The van der Waals surface area contributed by atoms with Crippen LogP contribution in [-0.2, 0) is 4.79 Å². The third kappa shape index (κ3) is 2.78. The van der Waals surface area contributed by atoms with Crippen molar-refractivity contribution in [2.24, 2.45) is 0 Å². The first-order valence-electron chi connectivity index (χ1n) is 3.40. The first-order chi connectivity index (χ1) is 6.13. The summed E-state index contributed by atoms with van der Waals surface area (Å²) in [6.07, 6.45) is 0. The first-order valence-corrected chi connectivity index (χ1v) is 4.19. The Morgan fingerprint density at radius 3 is 2.85 bits per heavy atom. The average molecular weight is 249 g/mol. The van der Waals surface area contributed by atoms with Gasteiger partial charge < -0.3 is 9.84 Å². The summed E-state index contributed by atoms with van der Waals surface area (Å²) in [6, 6.07) is 4.00. The summed E-state index contributed by atoms with van der Waals surface area (Å²) in [5.41, 5.74) is 0. The molecule has 0 spiro atoms. The quantitative estimate of drug-likeness (QED) is 0.638. The van der Waals surface area contributed by atoms with Crippen LogP contribution in [0.2, 0.25) is 0 Å². The van der Waals surface area contributed by atoms with Gasteiger partial charge in [0.1, 0.15) is 6.61 Å². The molecule has 0 amide bonds. The van der Waals surface area contributed by atoms with Crippen LogP contribution in [0.4, 0.5) is 4.39 Å². The van der Waals surface area contributed by atoms with Crippen LogP contribution in [0.25, 0.3) is 0 Å². The van der Waals surface area contributed by atoms with Crippen molar-refractivity contribution in [3.05, 3.63) is 28.5 Å². The molecule has 70 valence electrons. The predicted octanol–water partition coefficient (Wildman–Crippen LogP) is 1.49. The molecule has 3 nitrogen and oxygen atoms in total. The summed E-state index contributed by atoms with van der Waals surface area (Å²) in [4.78, 5) is 10.6. The number of aliphatic hydroxyl groups is 1. The molecule has 0 saturated heterocycles. The standard InChI is InChI=1S/C8H6BrFO3/c9-5-1-2-7(6(10)3-5)13-8(12)4-11/h1-3,11H,4H2. The lowest BCUT2D eigenvalue weighted by Crippen LogP contribution is -2.12. The topological polar surface area (TPSA) is 46.5 Å². The molecule has 0 saturated carbocycles. The van der Waals surface area contributed by atoms with Gasteiger partial charge in [0, 0.05) is 4.47 Å². The van der Waals surface area contributed by atoms with Gasteiger partial charge in [0.2, 0.25) is 0 Å². The number of hydrogen-bond donors (Lipinski definition) is 1. The maximum absolute atomic E-state index is 13.0. The Morgan fingerprint density at radius 2 is 2.31 bits per heavy atom. The van der Waals surface area contributed by atoms with Gasteiger partial charge in [-0.2, -0.15) is 0 Å². The summed E-state index contributed by atoms with van der Waals surface area (Å²) in [5, 5.41) is 8.34. The van der Waals surface area contributed by atoms with E-state index in [1.165, 1.54) is 18.2 Å². The summed E-state index contributed by atoms with van der Waals surface area (Å²) in [7, 11) is 0. The molecule has 0 aliphatic rings. The minimum atomic E-state index is -0.888. The van der Waals surface area contributed by atoms with Gasteiger partial charge in [0.05, 0.1) is 0 Å². The zero-order valence-electron chi connectivity index (χ0n) is 6.46. The van der Waals surface area contributed by atoms with Crippen molar-refractivity contribution in [1.29, 1.82) is 0 Å². The van der Waals surface area contributed by atoms with Crippen molar-refractivity contribution in [1.82, 2.24) is 0 Å². The van der Waals surface area contributed by atoms with Crippen molar-refractivity contribution in [3.63, 3.8) is 0 Å². The Balaban J connectivity index is 2.83. The average Bonchev–Trinajstić information content (AvgIpc) is 2.09. The third-order valence-electron chi connectivity index (χ3n) is 1.25. The minimum absolute atomic E-state index is 0.192. The first kappa shape index (κ1) is 10.1. The molecule has 0 bridgehead atoms. The van der Waals surface area contributed by atoms with Crippen molar-refractivity contribution in [2.75, 3.05) is 6.61 Å². The number of carbonyl (C=O) groups is 1. The normalized spacial score (nSPS) is 9.77. The molecule has 13 heavy (non-hydrogen) atoms. The van der Waals surface area contributed by atoms with E-state index in [-0.39, 0.29) is 5.75 Å². The highest BCUT2D eigenvalue weighted by atomic mass is 79.9. The molecule has 1 rings (SSSR count). The molecule has 0 aliphatic heterocycles. The number of hydrogen-bond acceptors (Lipinski definition) is 3. The Morgan fingerprint density at radius 1 is 1.62 bits per heavy atom. The molecular formula is C8H6BrFO3. The Kier molecular flexibility index (Phi) is 3.39. The van der Waals surface area contributed by atoms with Gasteiger partial charge in [-0.05, 0) is 18.2 Å². The lowest BCUT2D eigenvalue weighted by molar-refractivity contribution is -0.137. The SMILES string of the molecule is O=C(CO)Oc1ccc(Br)cc1F. The third-order valence-corrected chi connectivity index (χ3v) is 1.74. The van der Waals surface area contributed by atoms with E-state index in [1.54, 1.807) is 0 Å². The maximum Gasteiger partial charge on any atom is 0.337 e. The number of carbonyl (C=O) groups excluding carboxylic acids is 1. The highest BCUT2D eigenvalue weighted by molar-refractivity contribution is 9.10. The second-order valence-electron chi connectivity index (χ2n) is 2.21. The molecule has 1 N–H and O–H groups in total. The molecule has 0 fully saturated rings. The number of benzene rings is 1. The van der Waals surface area contributed by atoms with Crippen LogP contribution in [0.15, 0.2) is 22.7 Å². The van der Waals surface area contributed by atoms with Gasteiger partial charge in [-0.25, -0.2) is 9.18 Å². The fraction of sp³-hybridized carbons (Fsp3) is 0.125. The molecule has 1 aromatic rings. The molecule has 5 heteroatoms. The number of aliphatic hydroxyl groups excluding tert-OH is 1. The van der Waals surface area contributed by atoms with Crippen LogP contribution in [0.5, 0.6) is 5.75 Å². The van der Waals surface area contributed by atoms with Crippen LogP contribution in [0.1, 0.15) is 0 Å². The minimum Gasteiger partial charge on any atom is -0.422 e. The zero-order chi connectivity index (χ0) is 9.84. The van der Waals surface area contributed by atoms with Crippen LogP contribution in [0, 0.1) is 5.82 Å². The van der Waals surface area contributed by atoms with Crippen molar-refractivity contribution >= 4 is 21.9 Å². The van der Waals surface area contributed by atoms with E-state index >= 15 is 0 Å². The van der Waals surface area contributed by atoms with Gasteiger partial charge in [-0.1, -0.05) is 15.9 Å². The van der Waals surface area contributed by atoms with E-state index < -0.39 is 18.4 Å². The van der Waals surface area contributed by atoms with E-state index in [0.29, 0.717) is 4.47 Å². The number of halogens is 2. The Bertz CT molecular complexity index is 327. The molecule has 0 heterocycles. The molecular weight excluding hydrogens is 243 g/mol. The fourth-order valence-corrected chi connectivity index (χ4v) is 1.05. The highest BCUT2D eigenvalue weighted by Gasteiger charge is 2.07. The summed E-state index contributed by atoms with van der Waals surface area (Å²) in [5.74, 6) is -1.74. The fourth-order valence-electron chi connectivity index (χ4n) is 0.713. The number of esters is 1. The second kappa shape index (κ2) is 4.34. The summed E-state index contributed by atoms with van der Waals surface area (Å²) in [6.45, 7) is -0.768. The van der Waals surface area contributed by atoms with Gasteiger partial charge in [-0.15, -0.1) is 0 Å². The van der Waals surface area contributed by atoms with Crippen molar-refractivity contribution in [3.8, 4) is 5.75 Å². The highest BCUT2D eigenvalue weighted by Crippen LogP contribution is 2.21. The van der Waals surface area contributed by atoms with Crippen molar-refractivity contribution < 1.29 is 19.0 Å². The predicted molar refractivity (Wildman–Crippen MR) is 46.8 cm³/mol. The molecule has 0 aromatic heterocycles. The monoisotopic (exact) mass is 248 g/mol. The van der Waals surface area contributed by atoms with Gasteiger partial charge >= 0.3 is 5.97 Å². The molecule has 1 aromatic carbocycles. The van der Waals surface area contributed by atoms with E-state index in [9.17, 15) is 9.18 Å². The molecule has 0 aliphatic carbocycles.